The minimum atomic E-state index is -0.478. The molecule has 2 bridgehead atoms. The van der Waals surface area contributed by atoms with Gasteiger partial charge in [-0.15, -0.1) is 0 Å². The minimum absolute atomic E-state index is 0.0310. The molecule has 3 fully saturated rings. The zero-order valence-electron chi connectivity index (χ0n) is 28.4. The molecule has 4 aromatic rings. The molecule has 1 aliphatic carbocycles. The van der Waals surface area contributed by atoms with Gasteiger partial charge in [-0.25, -0.2) is 0 Å². The van der Waals surface area contributed by atoms with Crippen molar-refractivity contribution in [3.63, 3.8) is 0 Å². The van der Waals surface area contributed by atoms with Gasteiger partial charge in [0.1, 0.15) is 0 Å². The third-order valence-corrected chi connectivity index (χ3v) is 10.5. The van der Waals surface area contributed by atoms with Crippen molar-refractivity contribution >= 4 is 5.91 Å². The second-order valence-electron chi connectivity index (χ2n) is 15.4. The Labute approximate surface area is 285 Å². The second-order valence-corrected chi connectivity index (χ2v) is 15.4. The molecule has 6 heteroatoms. The summed E-state index contributed by atoms with van der Waals surface area (Å²) in [4.78, 5) is 15.3. The van der Waals surface area contributed by atoms with Crippen LogP contribution in [0.2, 0.25) is 0 Å². The van der Waals surface area contributed by atoms with Crippen molar-refractivity contribution in [1.29, 1.82) is 0 Å². The molecule has 7 rings (SSSR count). The van der Waals surface area contributed by atoms with Gasteiger partial charge in [0.25, 0.3) is 5.91 Å². The Morgan fingerprint density at radius 2 is 1.58 bits per heavy atom. The van der Waals surface area contributed by atoms with Crippen molar-refractivity contribution in [2.45, 2.75) is 84.1 Å². The monoisotopic (exact) mass is 644 g/mol. The first-order valence-electron chi connectivity index (χ1n) is 17.4. The van der Waals surface area contributed by atoms with E-state index < -0.39 is 6.29 Å². The third-order valence-electron chi connectivity index (χ3n) is 10.5. The predicted molar refractivity (Wildman–Crippen MR) is 189 cm³/mol. The standard InChI is InChI=1S/C42H48N2O4/c1-41(2)22-36-23-42(3,27-41)28-44(36)25-37-21-38(32-14-12-29(26-45)13-15-32)48-40(47-37)34-18-16-31(17-19-34)35-11-7-8-30(20-35)24-43-39(46)33-9-5-4-6-10-33/h4-20,36-38,40,45H,21-28H2,1-3H3,(H,43,46). The number of nitrogens with one attached hydrogen (secondary N) is 1. The van der Waals surface area contributed by atoms with Crippen molar-refractivity contribution < 1.29 is 19.4 Å². The van der Waals surface area contributed by atoms with E-state index in [0.717, 1.165) is 52.9 Å². The van der Waals surface area contributed by atoms with E-state index in [-0.39, 0.29) is 24.7 Å². The van der Waals surface area contributed by atoms with Crippen LogP contribution in [0.1, 0.15) is 91.5 Å². The lowest BCUT2D eigenvalue weighted by Crippen LogP contribution is -2.42. The van der Waals surface area contributed by atoms with E-state index in [1.54, 1.807) is 0 Å². The highest BCUT2D eigenvalue weighted by atomic mass is 16.7. The number of aliphatic hydroxyl groups is 1. The molecule has 0 spiro atoms. The molecule has 5 atom stereocenters. The second kappa shape index (κ2) is 13.6. The van der Waals surface area contributed by atoms with Crippen LogP contribution in [0.5, 0.6) is 0 Å². The van der Waals surface area contributed by atoms with Crippen LogP contribution in [0.15, 0.2) is 103 Å². The number of benzene rings is 4. The Hall–Kier alpha value is -3.81. The molecule has 2 N–H and O–H groups in total. The molecule has 2 heterocycles. The van der Waals surface area contributed by atoms with Gasteiger partial charge >= 0.3 is 0 Å². The lowest BCUT2D eigenvalue weighted by atomic mass is 9.65. The fraction of sp³-hybridized carbons (Fsp3) is 0.405. The highest BCUT2D eigenvalue weighted by Crippen LogP contribution is 2.53. The first-order chi connectivity index (χ1) is 23.1. The van der Waals surface area contributed by atoms with Gasteiger partial charge in [0.2, 0.25) is 0 Å². The molecule has 5 unspecified atom stereocenters. The zero-order chi connectivity index (χ0) is 33.3. The quantitative estimate of drug-likeness (QED) is 0.192. The fourth-order valence-electron chi connectivity index (χ4n) is 8.65. The van der Waals surface area contributed by atoms with Crippen LogP contribution in [0, 0.1) is 10.8 Å². The summed E-state index contributed by atoms with van der Waals surface area (Å²) >= 11 is 0. The van der Waals surface area contributed by atoms with Gasteiger partial charge in [-0.3, -0.25) is 9.69 Å². The maximum atomic E-state index is 12.6. The Kier molecular flexibility index (Phi) is 9.27. The number of fused-ring (bicyclic) bond motifs is 2. The van der Waals surface area contributed by atoms with Crippen molar-refractivity contribution in [2.24, 2.45) is 10.8 Å². The van der Waals surface area contributed by atoms with Crippen LogP contribution in [0.25, 0.3) is 11.1 Å². The van der Waals surface area contributed by atoms with Crippen molar-refractivity contribution in [3.8, 4) is 11.1 Å². The average molecular weight is 645 g/mol. The van der Waals surface area contributed by atoms with E-state index in [1.807, 2.05) is 54.6 Å². The van der Waals surface area contributed by atoms with E-state index in [1.165, 1.54) is 19.3 Å². The predicted octanol–water partition coefficient (Wildman–Crippen LogP) is 8.22. The largest absolute Gasteiger partial charge is 0.392 e. The maximum Gasteiger partial charge on any atom is 0.251 e. The summed E-state index contributed by atoms with van der Waals surface area (Å²) < 4.78 is 13.5. The molecule has 1 amide bonds. The summed E-state index contributed by atoms with van der Waals surface area (Å²) in [6.07, 6.45) is 4.05. The van der Waals surface area contributed by atoms with Crippen molar-refractivity contribution in [3.05, 3.63) is 131 Å². The summed E-state index contributed by atoms with van der Waals surface area (Å²) in [5.41, 5.74) is 7.65. The molecule has 250 valence electrons. The molecular weight excluding hydrogens is 596 g/mol. The highest BCUT2D eigenvalue weighted by molar-refractivity contribution is 5.94. The molecule has 6 nitrogen and oxygen atoms in total. The lowest BCUT2D eigenvalue weighted by Gasteiger charge is -2.41. The van der Waals surface area contributed by atoms with E-state index in [4.69, 9.17) is 9.47 Å². The van der Waals surface area contributed by atoms with Crippen LogP contribution >= 0.6 is 0 Å². The van der Waals surface area contributed by atoms with Crippen LogP contribution in [-0.4, -0.2) is 41.1 Å². The van der Waals surface area contributed by atoms with Gasteiger partial charge in [0.05, 0.1) is 18.8 Å². The number of nitrogens with zero attached hydrogens (tertiary/aromatic N) is 1. The topological polar surface area (TPSA) is 71.0 Å². The lowest BCUT2D eigenvalue weighted by molar-refractivity contribution is -0.253. The normalized spacial score (nSPS) is 26.7. The Morgan fingerprint density at radius 3 is 2.33 bits per heavy atom. The molecule has 3 aliphatic rings. The van der Waals surface area contributed by atoms with Crippen LogP contribution in [-0.2, 0) is 22.6 Å². The molecule has 4 aromatic carbocycles. The van der Waals surface area contributed by atoms with E-state index >= 15 is 0 Å². The van der Waals surface area contributed by atoms with E-state index in [2.05, 4.69) is 79.5 Å². The summed E-state index contributed by atoms with van der Waals surface area (Å²) in [5, 5.41) is 12.6. The Bertz CT molecular complexity index is 1700. The number of hydrogen-bond donors (Lipinski definition) is 2. The molecule has 2 aliphatic heterocycles. The van der Waals surface area contributed by atoms with Crippen molar-refractivity contribution in [1.82, 2.24) is 10.2 Å². The smallest absolute Gasteiger partial charge is 0.251 e. The van der Waals surface area contributed by atoms with Gasteiger partial charge in [-0.2, -0.15) is 0 Å². The molecule has 1 saturated carbocycles. The molecule has 0 radical (unpaired) electrons. The third kappa shape index (κ3) is 7.42. The van der Waals surface area contributed by atoms with Gasteiger partial charge in [-0.05, 0) is 76.1 Å². The molecule has 48 heavy (non-hydrogen) atoms. The number of likely N-dealkylation sites (tertiary alicyclic amines) is 1. The number of rotatable bonds is 9. The molecule has 2 saturated heterocycles. The SMILES string of the molecule is CC1(C)CC2CC(C)(CN2CC2CC(c3ccc(CO)cc3)OC(c3ccc(-c4cccc(CNC(=O)c5ccccc5)c4)cc3)O2)C1. The fourth-order valence-corrected chi connectivity index (χ4v) is 8.65. The molecule has 0 aromatic heterocycles. The highest BCUT2D eigenvalue weighted by Gasteiger charge is 2.50. The number of ether oxygens (including phenoxy) is 2. The first kappa shape index (κ1) is 32.7. The molecular formula is C42H48N2O4. The van der Waals surface area contributed by atoms with Crippen molar-refractivity contribution in [2.75, 3.05) is 13.1 Å². The number of amides is 1. The Morgan fingerprint density at radius 1 is 0.833 bits per heavy atom. The summed E-state index contributed by atoms with van der Waals surface area (Å²) in [5.74, 6) is -0.0791. The van der Waals surface area contributed by atoms with Crippen LogP contribution in [0.4, 0.5) is 0 Å². The zero-order valence-corrected chi connectivity index (χ0v) is 28.4. The van der Waals surface area contributed by atoms with E-state index in [0.29, 0.717) is 29.0 Å². The number of carbonyl (C=O) groups is 1. The summed E-state index contributed by atoms with van der Waals surface area (Å²) in [7, 11) is 0. The van der Waals surface area contributed by atoms with Gasteiger partial charge in [0.15, 0.2) is 6.29 Å². The maximum absolute atomic E-state index is 12.6. The van der Waals surface area contributed by atoms with Gasteiger partial charge < -0.3 is 19.9 Å². The van der Waals surface area contributed by atoms with Crippen LogP contribution in [0.3, 0.4) is 0 Å². The average Bonchev–Trinajstić information content (AvgIpc) is 3.34. The van der Waals surface area contributed by atoms with Gasteiger partial charge in [-0.1, -0.05) is 106 Å². The Balaban J connectivity index is 1.07. The van der Waals surface area contributed by atoms with Crippen LogP contribution < -0.4 is 5.32 Å². The summed E-state index contributed by atoms with van der Waals surface area (Å²) in [6.45, 7) is 9.86. The first-order valence-corrected chi connectivity index (χ1v) is 17.4. The van der Waals surface area contributed by atoms with E-state index in [9.17, 15) is 9.90 Å². The summed E-state index contributed by atoms with van der Waals surface area (Å²) in [6, 6.07) is 34.8. The number of hydrogen-bond acceptors (Lipinski definition) is 5. The number of aliphatic hydroxyl groups excluding tert-OH is 1. The van der Waals surface area contributed by atoms with Gasteiger partial charge in [0, 0.05) is 43.2 Å². The number of carbonyl (C=O) groups excluding carboxylic acids is 1. The minimum Gasteiger partial charge on any atom is -0.392 e.